The number of anilines is 2. The summed E-state index contributed by atoms with van der Waals surface area (Å²) in [4.78, 5) is 5.33. The molecule has 3 N–H and O–H groups in total. The van der Waals surface area contributed by atoms with Gasteiger partial charge >= 0.3 is 0 Å². The predicted octanol–water partition coefficient (Wildman–Crippen LogP) is 3.92. The molecule has 0 atom stereocenters. The Morgan fingerprint density at radius 1 is 1.45 bits per heavy atom. The summed E-state index contributed by atoms with van der Waals surface area (Å²) in [5.41, 5.74) is 9.56. The van der Waals surface area contributed by atoms with Gasteiger partial charge in [0.15, 0.2) is 0 Å². The zero-order valence-electron chi connectivity index (χ0n) is 11.5. The molecular weight excluding hydrogens is 288 g/mol. The van der Waals surface area contributed by atoms with E-state index >= 15 is 0 Å². The van der Waals surface area contributed by atoms with Crippen molar-refractivity contribution in [3.05, 3.63) is 35.2 Å². The number of rotatable bonds is 6. The first-order valence-corrected chi connectivity index (χ1v) is 8.23. The number of nitrogens with one attached hydrogen (secondary N) is 1. The summed E-state index contributed by atoms with van der Waals surface area (Å²) in [6.07, 6.45) is 1.82. The van der Waals surface area contributed by atoms with Gasteiger partial charge in [-0.05, 0) is 12.0 Å². The average molecular weight is 306 g/mol. The Morgan fingerprint density at radius 2 is 2.25 bits per heavy atom. The van der Waals surface area contributed by atoms with E-state index in [9.17, 15) is 0 Å². The second kappa shape index (κ2) is 7.31. The smallest absolute Gasteiger partial charge is 0.205 e. The van der Waals surface area contributed by atoms with Gasteiger partial charge in [-0.15, -0.1) is 23.1 Å². The molecule has 0 aliphatic carbocycles. The molecule has 2 rings (SSSR count). The molecule has 0 saturated carbocycles. The van der Waals surface area contributed by atoms with E-state index in [-0.39, 0.29) is 0 Å². The van der Waals surface area contributed by atoms with E-state index in [0.29, 0.717) is 16.9 Å². The van der Waals surface area contributed by atoms with Gasteiger partial charge in [-0.1, -0.05) is 32.0 Å². The van der Waals surface area contributed by atoms with Crippen molar-refractivity contribution < 1.29 is 0 Å². The molecule has 1 aromatic carbocycles. The predicted molar refractivity (Wildman–Crippen MR) is 89.7 cm³/mol. The van der Waals surface area contributed by atoms with Crippen molar-refractivity contribution in [3.63, 3.8) is 0 Å². The number of nitrogen functional groups attached to an aromatic ring is 1. The number of nitrogens with two attached hydrogens (primary N) is 1. The van der Waals surface area contributed by atoms with Crippen molar-refractivity contribution in [2.75, 3.05) is 16.9 Å². The standard InChI is InChI=1S/C14H18N4S2/c1-10(2)8-19-12-6-4-3-5-11(12)7-16-18-14-17-13(15)9-20-14/h3-7,9-10H,8,15H2,1-2H3,(H,17,18). The topological polar surface area (TPSA) is 63.3 Å². The Kier molecular flexibility index (Phi) is 5.43. The van der Waals surface area contributed by atoms with Crippen LogP contribution in [0.1, 0.15) is 19.4 Å². The molecule has 0 unspecified atom stereocenters. The van der Waals surface area contributed by atoms with Crippen LogP contribution in [0.25, 0.3) is 0 Å². The third-order valence-electron chi connectivity index (χ3n) is 2.38. The second-order valence-corrected chi connectivity index (χ2v) is 6.61. The lowest BCUT2D eigenvalue weighted by Crippen LogP contribution is -1.95. The summed E-state index contributed by atoms with van der Waals surface area (Å²) in [6.45, 7) is 4.44. The fraction of sp³-hybridized carbons (Fsp3) is 0.286. The number of thiazole rings is 1. The van der Waals surface area contributed by atoms with Crippen LogP contribution < -0.4 is 11.2 Å². The highest BCUT2D eigenvalue weighted by molar-refractivity contribution is 7.99. The minimum Gasteiger partial charge on any atom is -0.383 e. The van der Waals surface area contributed by atoms with Gasteiger partial charge in [-0.25, -0.2) is 4.98 Å². The second-order valence-electron chi connectivity index (χ2n) is 4.69. The van der Waals surface area contributed by atoms with Crippen molar-refractivity contribution in [1.82, 2.24) is 4.98 Å². The molecule has 0 amide bonds. The molecule has 0 spiro atoms. The molecule has 106 valence electrons. The number of nitrogens with zero attached hydrogens (tertiary/aromatic N) is 2. The molecule has 4 nitrogen and oxygen atoms in total. The van der Waals surface area contributed by atoms with Gasteiger partial charge in [0.2, 0.25) is 5.13 Å². The molecule has 20 heavy (non-hydrogen) atoms. The van der Waals surface area contributed by atoms with Crippen LogP contribution in [0.3, 0.4) is 0 Å². The van der Waals surface area contributed by atoms with Crippen molar-refractivity contribution in [2.45, 2.75) is 18.7 Å². The van der Waals surface area contributed by atoms with Gasteiger partial charge in [0.05, 0.1) is 6.21 Å². The Balaban J connectivity index is 2.01. The van der Waals surface area contributed by atoms with E-state index < -0.39 is 0 Å². The fourth-order valence-corrected chi connectivity index (χ4v) is 2.99. The highest BCUT2D eigenvalue weighted by Gasteiger charge is 2.02. The summed E-state index contributed by atoms with van der Waals surface area (Å²) in [5.74, 6) is 2.28. The number of hydrogen-bond acceptors (Lipinski definition) is 6. The summed E-state index contributed by atoms with van der Waals surface area (Å²) < 4.78 is 0. The van der Waals surface area contributed by atoms with Crippen molar-refractivity contribution >= 4 is 40.3 Å². The van der Waals surface area contributed by atoms with Gasteiger partial charge in [-0.2, -0.15) is 5.10 Å². The van der Waals surface area contributed by atoms with Crippen LogP contribution in [0.2, 0.25) is 0 Å². The molecule has 6 heteroatoms. The lowest BCUT2D eigenvalue weighted by molar-refractivity contribution is 0.750. The van der Waals surface area contributed by atoms with Crippen LogP contribution in [-0.2, 0) is 0 Å². The Labute approximate surface area is 127 Å². The van der Waals surface area contributed by atoms with E-state index in [0.717, 1.165) is 11.3 Å². The highest BCUT2D eigenvalue weighted by atomic mass is 32.2. The van der Waals surface area contributed by atoms with E-state index in [1.54, 1.807) is 5.38 Å². The third kappa shape index (κ3) is 4.54. The van der Waals surface area contributed by atoms with Crippen molar-refractivity contribution in [2.24, 2.45) is 11.0 Å². The molecule has 0 radical (unpaired) electrons. The minimum absolute atomic E-state index is 0.514. The molecule has 0 aliphatic rings. The number of aromatic nitrogens is 1. The van der Waals surface area contributed by atoms with Crippen LogP contribution in [0.4, 0.5) is 10.9 Å². The lowest BCUT2D eigenvalue weighted by Gasteiger charge is -2.07. The van der Waals surface area contributed by atoms with Gasteiger partial charge < -0.3 is 5.73 Å². The largest absolute Gasteiger partial charge is 0.383 e. The summed E-state index contributed by atoms with van der Waals surface area (Å²) in [7, 11) is 0. The van der Waals surface area contributed by atoms with Gasteiger partial charge in [0.1, 0.15) is 5.82 Å². The zero-order chi connectivity index (χ0) is 14.4. The summed E-state index contributed by atoms with van der Waals surface area (Å²) >= 11 is 3.29. The number of hydrazone groups is 1. The summed E-state index contributed by atoms with van der Waals surface area (Å²) in [5, 5.41) is 6.70. The van der Waals surface area contributed by atoms with E-state index in [1.165, 1.54) is 16.2 Å². The third-order valence-corrected chi connectivity index (χ3v) is 4.66. The van der Waals surface area contributed by atoms with Crippen LogP contribution in [0.5, 0.6) is 0 Å². The monoisotopic (exact) mass is 306 g/mol. The van der Waals surface area contributed by atoms with E-state index in [1.807, 2.05) is 24.0 Å². The van der Waals surface area contributed by atoms with E-state index in [2.05, 4.69) is 47.6 Å². The molecular formula is C14H18N4S2. The molecule has 0 aliphatic heterocycles. The fourth-order valence-electron chi connectivity index (χ4n) is 1.47. The highest BCUT2D eigenvalue weighted by Crippen LogP contribution is 2.23. The average Bonchev–Trinajstić information content (AvgIpc) is 2.83. The molecule has 1 heterocycles. The molecule has 1 aromatic heterocycles. The van der Waals surface area contributed by atoms with Gasteiger partial charge in [0, 0.05) is 21.6 Å². The van der Waals surface area contributed by atoms with E-state index in [4.69, 9.17) is 5.73 Å². The first-order chi connectivity index (χ1) is 9.65. The SMILES string of the molecule is CC(C)CSc1ccccc1C=NNc1nc(N)cs1. The Bertz CT molecular complexity index is 578. The van der Waals surface area contributed by atoms with Gasteiger partial charge in [-0.3, -0.25) is 5.43 Å². The zero-order valence-corrected chi connectivity index (χ0v) is 13.2. The Hall–Kier alpha value is -1.53. The van der Waals surface area contributed by atoms with Crippen LogP contribution >= 0.6 is 23.1 Å². The molecule has 2 aromatic rings. The number of hydrogen-bond donors (Lipinski definition) is 2. The minimum atomic E-state index is 0.514. The Morgan fingerprint density at radius 3 is 2.95 bits per heavy atom. The van der Waals surface area contributed by atoms with Crippen molar-refractivity contribution in [3.8, 4) is 0 Å². The first kappa shape index (κ1) is 14.9. The maximum Gasteiger partial charge on any atom is 0.205 e. The normalized spacial score (nSPS) is 11.3. The quantitative estimate of drug-likeness (QED) is 0.482. The van der Waals surface area contributed by atoms with Crippen LogP contribution in [0, 0.1) is 5.92 Å². The lowest BCUT2D eigenvalue weighted by atomic mass is 10.2. The first-order valence-electron chi connectivity index (χ1n) is 6.37. The summed E-state index contributed by atoms with van der Waals surface area (Å²) in [6, 6.07) is 8.25. The maximum atomic E-state index is 5.56. The van der Waals surface area contributed by atoms with Crippen LogP contribution in [-0.4, -0.2) is 17.0 Å². The number of thioether (sulfide) groups is 1. The molecule has 0 fully saturated rings. The van der Waals surface area contributed by atoms with Crippen molar-refractivity contribution in [1.29, 1.82) is 0 Å². The number of benzene rings is 1. The van der Waals surface area contributed by atoms with Crippen LogP contribution in [0.15, 0.2) is 39.6 Å². The molecule has 0 bridgehead atoms. The maximum absolute atomic E-state index is 5.56. The van der Waals surface area contributed by atoms with Gasteiger partial charge in [0.25, 0.3) is 0 Å². The molecule has 0 saturated heterocycles.